The first-order chi connectivity index (χ1) is 11.7. The lowest BCUT2D eigenvalue weighted by Crippen LogP contribution is -2.47. The molecule has 1 aromatic heterocycles. The van der Waals surface area contributed by atoms with Crippen molar-refractivity contribution in [1.29, 1.82) is 0 Å². The Hall–Kier alpha value is -1.89. The van der Waals surface area contributed by atoms with E-state index in [1.54, 1.807) is 19.4 Å². The number of carbonyl (C=O) groups is 1. The topological polar surface area (TPSA) is 67.8 Å². The van der Waals surface area contributed by atoms with Crippen LogP contribution < -0.4 is 9.64 Å². The highest BCUT2D eigenvalue weighted by molar-refractivity contribution is 5.69. The quantitative estimate of drug-likeness (QED) is 0.502. The van der Waals surface area contributed by atoms with E-state index in [0.717, 1.165) is 57.9 Å². The van der Waals surface area contributed by atoms with Crippen molar-refractivity contribution < 1.29 is 14.3 Å². The second-order valence-electron chi connectivity index (χ2n) is 5.84. The smallest absolute Gasteiger partial charge is 0.305 e. The maximum Gasteiger partial charge on any atom is 0.305 e. The van der Waals surface area contributed by atoms with E-state index in [-0.39, 0.29) is 5.97 Å². The summed E-state index contributed by atoms with van der Waals surface area (Å²) in [6.45, 7) is 7.27. The van der Waals surface area contributed by atoms with Crippen LogP contribution in [0.15, 0.2) is 12.3 Å². The summed E-state index contributed by atoms with van der Waals surface area (Å²) in [5.74, 6) is 1.26. The van der Waals surface area contributed by atoms with Gasteiger partial charge in [0.05, 0.1) is 13.7 Å². The van der Waals surface area contributed by atoms with Crippen LogP contribution in [0.5, 0.6) is 5.88 Å². The maximum atomic E-state index is 11.3. The first kappa shape index (κ1) is 18.4. The number of esters is 1. The monoisotopic (exact) mass is 336 g/mol. The molecule has 24 heavy (non-hydrogen) atoms. The van der Waals surface area contributed by atoms with Gasteiger partial charge in [-0.25, -0.2) is 4.98 Å². The maximum absolute atomic E-state index is 11.3. The van der Waals surface area contributed by atoms with Crippen LogP contribution in [0.3, 0.4) is 0 Å². The molecule has 0 unspecified atom stereocenters. The number of ether oxygens (including phenoxy) is 2. The van der Waals surface area contributed by atoms with Gasteiger partial charge in [0.15, 0.2) is 0 Å². The average molecular weight is 336 g/mol. The minimum absolute atomic E-state index is 0.0793. The van der Waals surface area contributed by atoms with Crippen LogP contribution in [0.2, 0.25) is 0 Å². The minimum Gasteiger partial charge on any atom is -0.481 e. The Balaban J connectivity index is 1.61. The normalized spacial score (nSPS) is 15.3. The molecule has 0 radical (unpaired) electrons. The van der Waals surface area contributed by atoms with Gasteiger partial charge >= 0.3 is 5.97 Å². The fourth-order valence-electron chi connectivity index (χ4n) is 2.78. The Morgan fingerprint density at radius 2 is 2.00 bits per heavy atom. The Morgan fingerprint density at radius 1 is 1.21 bits per heavy atom. The van der Waals surface area contributed by atoms with E-state index in [1.807, 2.05) is 6.92 Å². The third kappa shape index (κ3) is 5.96. The van der Waals surface area contributed by atoms with Gasteiger partial charge in [0.2, 0.25) is 11.8 Å². The highest BCUT2D eigenvalue weighted by Gasteiger charge is 2.18. The lowest BCUT2D eigenvalue weighted by atomic mass is 10.2. The molecule has 2 rings (SSSR count). The summed E-state index contributed by atoms with van der Waals surface area (Å²) in [5, 5.41) is 0. The molecule has 0 aromatic carbocycles. The number of rotatable bonds is 9. The fourth-order valence-corrected chi connectivity index (χ4v) is 2.78. The van der Waals surface area contributed by atoms with Crippen molar-refractivity contribution in [1.82, 2.24) is 14.9 Å². The zero-order valence-electron chi connectivity index (χ0n) is 14.7. The lowest BCUT2D eigenvalue weighted by Gasteiger charge is -2.34. The first-order valence-corrected chi connectivity index (χ1v) is 8.73. The second kappa shape index (κ2) is 10.1. The van der Waals surface area contributed by atoms with E-state index < -0.39 is 0 Å². The molecular weight excluding hydrogens is 308 g/mol. The van der Waals surface area contributed by atoms with Gasteiger partial charge in [0.25, 0.3) is 0 Å². The molecule has 0 saturated carbocycles. The number of unbranched alkanes of at least 4 members (excludes halogenated alkanes) is 2. The third-order valence-corrected chi connectivity index (χ3v) is 4.14. The molecule has 1 aliphatic rings. The standard InChI is InChI=1S/C17H28N4O3/c1-3-24-16(22)7-5-4-6-10-20-11-13-21(14-12-20)17-18-9-8-15(19-17)23-2/h8-9H,3-7,10-14H2,1-2H3. The van der Waals surface area contributed by atoms with Crippen molar-refractivity contribution in [3.63, 3.8) is 0 Å². The summed E-state index contributed by atoms with van der Waals surface area (Å²) >= 11 is 0. The molecule has 0 atom stereocenters. The van der Waals surface area contributed by atoms with Gasteiger partial charge in [-0.05, 0) is 26.3 Å². The van der Waals surface area contributed by atoms with E-state index in [4.69, 9.17) is 9.47 Å². The number of anilines is 1. The minimum atomic E-state index is -0.0793. The number of nitrogens with zero attached hydrogens (tertiary/aromatic N) is 4. The zero-order chi connectivity index (χ0) is 17.2. The molecule has 1 aliphatic heterocycles. The van der Waals surface area contributed by atoms with Crippen LogP contribution in [0, 0.1) is 0 Å². The largest absolute Gasteiger partial charge is 0.481 e. The number of methoxy groups -OCH3 is 1. The van der Waals surface area contributed by atoms with Gasteiger partial charge in [-0.2, -0.15) is 4.98 Å². The number of hydrogen-bond acceptors (Lipinski definition) is 7. The highest BCUT2D eigenvalue weighted by Crippen LogP contribution is 2.15. The van der Waals surface area contributed by atoms with Gasteiger partial charge in [-0.15, -0.1) is 0 Å². The zero-order valence-corrected chi connectivity index (χ0v) is 14.7. The van der Waals surface area contributed by atoms with E-state index >= 15 is 0 Å². The van der Waals surface area contributed by atoms with Crippen molar-refractivity contribution >= 4 is 11.9 Å². The molecule has 0 N–H and O–H groups in total. The molecule has 1 fully saturated rings. The van der Waals surface area contributed by atoms with Crippen LogP contribution in [0.25, 0.3) is 0 Å². The summed E-state index contributed by atoms with van der Waals surface area (Å²) in [6, 6.07) is 1.76. The van der Waals surface area contributed by atoms with Gasteiger partial charge < -0.3 is 14.4 Å². The molecular formula is C17H28N4O3. The Labute approximate surface area is 144 Å². The average Bonchev–Trinajstić information content (AvgIpc) is 2.62. The van der Waals surface area contributed by atoms with Crippen LogP contribution in [0.4, 0.5) is 5.95 Å². The van der Waals surface area contributed by atoms with Crippen molar-refractivity contribution in [3.05, 3.63) is 12.3 Å². The summed E-state index contributed by atoms with van der Waals surface area (Å²) in [6.07, 6.45) is 5.37. The van der Waals surface area contributed by atoms with Gasteiger partial charge in [0, 0.05) is 44.9 Å². The summed E-state index contributed by atoms with van der Waals surface area (Å²) < 4.78 is 10.1. The van der Waals surface area contributed by atoms with Crippen molar-refractivity contribution in [2.24, 2.45) is 0 Å². The molecule has 0 bridgehead atoms. The van der Waals surface area contributed by atoms with E-state index in [1.165, 1.54) is 0 Å². The highest BCUT2D eigenvalue weighted by atomic mass is 16.5. The van der Waals surface area contributed by atoms with Crippen LogP contribution >= 0.6 is 0 Å². The van der Waals surface area contributed by atoms with E-state index in [2.05, 4.69) is 19.8 Å². The third-order valence-electron chi connectivity index (χ3n) is 4.14. The van der Waals surface area contributed by atoms with Crippen LogP contribution in [0.1, 0.15) is 32.6 Å². The lowest BCUT2D eigenvalue weighted by molar-refractivity contribution is -0.143. The fraction of sp³-hybridized carbons (Fsp3) is 0.706. The molecule has 0 aliphatic carbocycles. The molecule has 1 saturated heterocycles. The summed E-state index contributed by atoms with van der Waals surface area (Å²) in [7, 11) is 1.62. The van der Waals surface area contributed by atoms with Gasteiger partial charge in [-0.1, -0.05) is 6.42 Å². The molecule has 134 valence electrons. The Bertz CT molecular complexity index is 504. The second-order valence-corrected chi connectivity index (χ2v) is 5.84. The van der Waals surface area contributed by atoms with Crippen LogP contribution in [-0.4, -0.2) is 67.3 Å². The van der Waals surface area contributed by atoms with Gasteiger partial charge in [0.1, 0.15) is 0 Å². The number of piperazine rings is 1. The predicted octanol–water partition coefficient (Wildman–Crippen LogP) is 1.73. The van der Waals surface area contributed by atoms with Crippen molar-refractivity contribution in [2.45, 2.75) is 32.6 Å². The number of aromatic nitrogens is 2. The molecule has 2 heterocycles. The molecule has 1 aromatic rings. The molecule has 0 amide bonds. The molecule has 7 nitrogen and oxygen atoms in total. The van der Waals surface area contributed by atoms with Crippen molar-refractivity contribution in [3.8, 4) is 5.88 Å². The van der Waals surface area contributed by atoms with Crippen LogP contribution in [-0.2, 0) is 9.53 Å². The number of hydrogen-bond donors (Lipinski definition) is 0. The van der Waals surface area contributed by atoms with Crippen molar-refractivity contribution in [2.75, 3.05) is 51.3 Å². The predicted molar refractivity (Wildman–Crippen MR) is 92.3 cm³/mol. The Kier molecular flexibility index (Phi) is 7.74. The summed E-state index contributed by atoms with van der Waals surface area (Å²) in [4.78, 5) is 24.6. The SMILES string of the molecule is CCOC(=O)CCCCCN1CCN(c2nccc(OC)n2)CC1. The van der Waals surface area contributed by atoms with E-state index in [9.17, 15) is 4.79 Å². The number of carbonyl (C=O) groups excluding carboxylic acids is 1. The Morgan fingerprint density at radius 3 is 2.71 bits per heavy atom. The molecule has 7 heteroatoms. The molecule has 0 spiro atoms. The summed E-state index contributed by atoms with van der Waals surface area (Å²) in [5.41, 5.74) is 0. The van der Waals surface area contributed by atoms with E-state index in [0.29, 0.717) is 18.9 Å². The first-order valence-electron chi connectivity index (χ1n) is 8.73. The van der Waals surface area contributed by atoms with Gasteiger partial charge in [-0.3, -0.25) is 9.69 Å².